The van der Waals surface area contributed by atoms with Crippen LogP contribution in [0.3, 0.4) is 0 Å². The average Bonchev–Trinajstić information content (AvgIpc) is 3.21. The molecule has 6 nitrogen and oxygen atoms in total. The van der Waals surface area contributed by atoms with E-state index in [2.05, 4.69) is 0 Å². The Hall–Kier alpha value is -3.00. The van der Waals surface area contributed by atoms with Crippen LogP contribution in [0.4, 0.5) is 13.2 Å². The van der Waals surface area contributed by atoms with E-state index in [0.717, 1.165) is 5.56 Å². The number of fused-ring (bicyclic) bond motifs is 1. The van der Waals surface area contributed by atoms with Crippen molar-refractivity contribution in [3.8, 4) is 6.07 Å². The molecule has 1 aromatic heterocycles. The molecular formula is C26H26F3N3O3S. The smallest absolute Gasteiger partial charge is 0.422 e. The molecule has 1 aliphatic rings. The van der Waals surface area contributed by atoms with Gasteiger partial charge in [-0.1, -0.05) is 36.4 Å². The Bertz CT molecular complexity index is 1260. The predicted molar refractivity (Wildman–Crippen MR) is 132 cm³/mol. The van der Waals surface area contributed by atoms with Gasteiger partial charge in [-0.2, -0.15) is 18.4 Å². The number of aliphatic hydroxyl groups is 1. The van der Waals surface area contributed by atoms with Crippen LogP contribution in [-0.4, -0.2) is 62.5 Å². The van der Waals surface area contributed by atoms with Crippen LogP contribution in [0.2, 0.25) is 0 Å². The predicted octanol–water partition coefficient (Wildman–Crippen LogP) is 4.59. The first-order chi connectivity index (χ1) is 17.1. The lowest BCUT2D eigenvalue weighted by molar-refractivity contribution is -0.271. The zero-order chi connectivity index (χ0) is 25.9. The third-order valence-electron chi connectivity index (χ3n) is 6.55. The molecule has 1 saturated heterocycles. The van der Waals surface area contributed by atoms with E-state index in [1.165, 1.54) is 30.1 Å². The number of carbonyl (C=O) groups is 1. The number of hydrogen-bond donors (Lipinski definition) is 2. The number of benzene rings is 2. The Labute approximate surface area is 210 Å². The van der Waals surface area contributed by atoms with Crippen LogP contribution >= 0.6 is 11.8 Å². The molecule has 0 bridgehead atoms. The summed E-state index contributed by atoms with van der Waals surface area (Å²) < 4.78 is 45.2. The maximum atomic E-state index is 14.5. The molecule has 190 valence electrons. The molecule has 2 heterocycles. The van der Waals surface area contributed by atoms with Crippen molar-refractivity contribution < 1.29 is 28.2 Å². The fourth-order valence-electron chi connectivity index (χ4n) is 4.68. The highest BCUT2D eigenvalue weighted by Crippen LogP contribution is 2.44. The third kappa shape index (κ3) is 5.53. The highest BCUT2D eigenvalue weighted by molar-refractivity contribution is 8.00. The molecule has 2 aromatic carbocycles. The second-order valence-electron chi connectivity index (χ2n) is 9.04. The molecule has 36 heavy (non-hydrogen) atoms. The lowest BCUT2D eigenvalue weighted by Crippen LogP contribution is -2.52. The van der Waals surface area contributed by atoms with Crippen LogP contribution < -0.4 is 0 Å². The number of nitrogens with zero attached hydrogens (tertiary/aromatic N) is 3. The van der Waals surface area contributed by atoms with Crippen molar-refractivity contribution in [2.75, 3.05) is 25.4 Å². The van der Waals surface area contributed by atoms with Crippen molar-refractivity contribution in [3.05, 3.63) is 71.4 Å². The number of alkyl halides is 3. The molecule has 0 amide bonds. The number of thioether (sulfide) groups is 1. The molecular weight excluding hydrogens is 491 g/mol. The van der Waals surface area contributed by atoms with Crippen LogP contribution in [0.25, 0.3) is 10.9 Å². The first-order valence-electron chi connectivity index (χ1n) is 11.5. The number of halogens is 3. The molecule has 4 rings (SSSR count). The highest BCUT2D eigenvalue weighted by atomic mass is 32.2. The summed E-state index contributed by atoms with van der Waals surface area (Å²) in [4.78, 5) is 12.4. The number of β-amino-alcohol motifs (C(OH)–C–C–N with tert-alkyl or cyclic N) is 1. The Balaban J connectivity index is 1.67. The summed E-state index contributed by atoms with van der Waals surface area (Å²) in [7, 11) is 0. The Kier molecular flexibility index (Phi) is 7.64. The monoisotopic (exact) mass is 517 g/mol. The van der Waals surface area contributed by atoms with Gasteiger partial charge in [0.1, 0.15) is 0 Å². The highest BCUT2D eigenvalue weighted by Gasteiger charge is 2.57. The van der Waals surface area contributed by atoms with Gasteiger partial charge in [0.2, 0.25) is 5.60 Å². The molecule has 3 aromatic rings. The van der Waals surface area contributed by atoms with Crippen molar-refractivity contribution in [1.29, 1.82) is 5.26 Å². The molecule has 0 saturated carbocycles. The van der Waals surface area contributed by atoms with Gasteiger partial charge in [0.05, 0.1) is 22.9 Å². The second-order valence-corrected chi connectivity index (χ2v) is 10.3. The second kappa shape index (κ2) is 10.5. The van der Waals surface area contributed by atoms with E-state index < -0.39 is 24.3 Å². The first-order valence-corrected chi connectivity index (χ1v) is 12.6. The van der Waals surface area contributed by atoms with Crippen molar-refractivity contribution in [2.24, 2.45) is 0 Å². The van der Waals surface area contributed by atoms with Gasteiger partial charge in [-0.25, -0.2) is 0 Å². The number of hydrogen-bond acceptors (Lipinski definition) is 5. The minimum atomic E-state index is -4.94. The standard InChI is InChI=1S/C26H26F3N3O3S/c27-26(28,29)25(35,17-31-10-8-20(9-11-31)36-16-24(33)34)22-15-32(14-18-4-2-1-3-5-18)23-12-19(13-30)6-7-21(22)23/h1-7,12,15,20,35H,8-11,14,16-17H2,(H,33,34). The normalized spacial score (nSPS) is 17.1. The summed E-state index contributed by atoms with van der Waals surface area (Å²) in [5.74, 6) is -0.955. The molecule has 0 spiro atoms. The Morgan fingerprint density at radius 2 is 1.83 bits per heavy atom. The lowest BCUT2D eigenvalue weighted by atomic mass is 9.91. The molecule has 0 radical (unpaired) electrons. The number of aromatic nitrogens is 1. The van der Waals surface area contributed by atoms with Crippen molar-refractivity contribution in [3.63, 3.8) is 0 Å². The largest absolute Gasteiger partial charge is 0.481 e. The van der Waals surface area contributed by atoms with Gasteiger partial charge in [0.25, 0.3) is 0 Å². The molecule has 2 N–H and O–H groups in total. The van der Waals surface area contributed by atoms with Gasteiger partial charge >= 0.3 is 12.1 Å². The fraction of sp³-hybridized carbons (Fsp3) is 0.385. The minimum absolute atomic E-state index is 0.0389. The molecule has 1 fully saturated rings. The third-order valence-corrected chi connectivity index (χ3v) is 7.91. The van der Waals surface area contributed by atoms with E-state index in [1.54, 1.807) is 15.5 Å². The van der Waals surface area contributed by atoms with Crippen LogP contribution in [-0.2, 0) is 16.9 Å². The van der Waals surface area contributed by atoms with Crippen LogP contribution in [0.1, 0.15) is 29.5 Å². The van der Waals surface area contributed by atoms with Crippen LogP contribution in [0.15, 0.2) is 54.7 Å². The van der Waals surface area contributed by atoms with E-state index in [-0.39, 0.29) is 28.5 Å². The van der Waals surface area contributed by atoms with E-state index >= 15 is 0 Å². The van der Waals surface area contributed by atoms with E-state index in [9.17, 15) is 28.3 Å². The minimum Gasteiger partial charge on any atom is -0.481 e. The zero-order valence-electron chi connectivity index (χ0n) is 19.4. The summed E-state index contributed by atoms with van der Waals surface area (Å²) in [6, 6.07) is 15.8. The Morgan fingerprint density at radius 1 is 1.14 bits per heavy atom. The summed E-state index contributed by atoms with van der Waals surface area (Å²) in [6.45, 7) is 0.317. The summed E-state index contributed by atoms with van der Waals surface area (Å²) >= 11 is 1.30. The zero-order valence-corrected chi connectivity index (χ0v) is 20.2. The van der Waals surface area contributed by atoms with Crippen molar-refractivity contribution in [2.45, 2.75) is 36.4 Å². The fourth-order valence-corrected chi connectivity index (χ4v) is 5.60. The van der Waals surface area contributed by atoms with Crippen LogP contribution in [0.5, 0.6) is 0 Å². The number of likely N-dealkylation sites (tertiary alicyclic amines) is 1. The molecule has 1 atom stereocenters. The number of piperidine rings is 1. The SMILES string of the molecule is N#Cc1ccc2c(C(O)(CN3CCC(SCC(=O)O)CC3)C(F)(F)F)cn(Cc3ccccc3)c2c1. The molecule has 10 heteroatoms. The van der Waals surface area contributed by atoms with Gasteiger partial charge < -0.3 is 14.8 Å². The van der Waals surface area contributed by atoms with E-state index in [1.807, 2.05) is 36.4 Å². The Morgan fingerprint density at radius 3 is 2.44 bits per heavy atom. The number of carboxylic acid groups (broad SMARTS) is 1. The molecule has 0 aliphatic carbocycles. The average molecular weight is 518 g/mol. The number of aliphatic carboxylic acids is 1. The summed E-state index contributed by atoms with van der Waals surface area (Å²) in [6.07, 6.45) is -2.50. The van der Waals surface area contributed by atoms with Crippen LogP contribution in [0, 0.1) is 11.3 Å². The van der Waals surface area contributed by atoms with E-state index in [4.69, 9.17) is 5.11 Å². The molecule has 1 unspecified atom stereocenters. The van der Waals surface area contributed by atoms with Gasteiger partial charge in [-0.3, -0.25) is 9.69 Å². The van der Waals surface area contributed by atoms with Gasteiger partial charge in [0.15, 0.2) is 0 Å². The number of carboxylic acids is 1. The quantitative estimate of drug-likeness (QED) is 0.454. The van der Waals surface area contributed by atoms with Gasteiger partial charge in [-0.15, -0.1) is 11.8 Å². The number of nitriles is 1. The summed E-state index contributed by atoms with van der Waals surface area (Å²) in [5.41, 5.74) is -1.73. The van der Waals surface area contributed by atoms with Crippen molar-refractivity contribution in [1.82, 2.24) is 9.47 Å². The van der Waals surface area contributed by atoms with Gasteiger partial charge in [0, 0.05) is 35.5 Å². The lowest BCUT2D eigenvalue weighted by Gasteiger charge is -2.38. The van der Waals surface area contributed by atoms with Gasteiger partial charge in [-0.05, 0) is 43.6 Å². The number of rotatable bonds is 8. The maximum absolute atomic E-state index is 14.5. The van der Waals surface area contributed by atoms with E-state index in [0.29, 0.717) is 37.0 Å². The first kappa shape index (κ1) is 26.1. The van der Waals surface area contributed by atoms with Crippen molar-refractivity contribution >= 4 is 28.6 Å². The topological polar surface area (TPSA) is 89.5 Å². The maximum Gasteiger partial charge on any atom is 0.422 e. The molecule has 1 aliphatic heterocycles. The summed E-state index contributed by atoms with van der Waals surface area (Å²) in [5, 5.41) is 29.8.